The van der Waals surface area contributed by atoms with E-state index in [1.54, 1.807) is 5.57 Å². The molecule has 0 saturated heterocycles. The molecule has 0 N–H and O–H groups in total. The van der Waals surface area contributed by atoms with Crippen LogP contribution < -0.4 is 0 Å². The van der Waals surface area contributed by atoms with Gasteiger partial charge in [0.25, 0.3) is 0 Å². The monoisotopic (exact) mass is 178 g/mol. The molecule has 0 nitrogen and oxygen atoms in total. The maximum absolute atomic E-state index is 2.37. The summed E-state index contributed by atoms with van der Waals surface area (Å²) in [7, 11) is 0. The zero-order valence-corrected chi connectivity index (χ0v) is 8.89. The second-order valence-electron chi connectivity index (χ2n) is 4.93. The molecule has 0 aromatic heterocycles. The van der Waals surface area contributed by atoms with Crippen LogP contribution in [0.25, 0.3) is 0 Å². The minimum Gasteiger partial charge on any atom is -0.0884 e. The van der Waals surface area contributed by atoms with Gasteiger partial charge in [-0.15, -0.1) is 0 Å². The Balaban J connectivity index is 2.02. The van der Waals surface area contributed by atoms with E-state index < -0.39 is 0 Å². The lowest BCUT2D eigenvalue weighted by atomic mass is 9.79. The van der Waals surface area contributed by atoms with Gasteiger partial charge in [0.15, 0.2) is 0 Å². The van der Waals surface area contributed by atoms with Crippen LogP contribution in [0.5, 0.6) is 0 Å². The van der Waals surface area contributed by atoms with E-state index in [-0.39, 0.29) is 0 Å². The highest BCUT2D eigenvalue weighted by Gasteiger charge is 2.23. The van der Waals surface area contributed by atoms with Gasteiger partial charge in [-0.25, -0.2) is 0 Å². The first-order chi connectivity index (χ1) is 6.38. The van der Waals surface area contributed by atoms with Gasteiger partial charge < -0.3 is 0 Å². The van der Waals surface area contributed by atoms with Gasteiger partial charge in [-0.1, -0.05) is 30.9 Å². The third-order valence-electron chi connectivity index (χ3n) is 4.04. The van der Waals surface area contributed by atoms with Crippen molar-refractivity contribution in [2.45, 2.75) is 58.3 Å². The molecule has 13 heavy (non-hydrogen) atoms. The van der Waals surface area contributed by atoms with E-state index in [1.807, 2.05) is 0 Å². The van der Waals surface area contributed by atoms with Gasteiger partial charge in [0, 0.05) is 0 Å². The van der Waals surface area contributed by atoms with Gasteiger partial charge in [-0.3, -0.25) is 0 Å². The van der Waals surface area contributed by atoms with Gasteiger partial charge in [0.05, 0.1) is 0 Å². The lowest BCUT2D eigenvalue weighted by molar-refractivity contribution is 0.269. The second-order valence-corrected chi connectivity index (χ2v) is 4.93. The van der Waals surface area contributed by atoms with E-state index in [0.29, 0.717) is 0 Å². The van der Waals surface area contributed by atoms with Gasteiger partial charge in [-0.05, 0) is 50.9 Å². The van der Waals surface area contributed by atoms with Crippen molar-refractivity contribution in [1.82, 2.24) is 0 Å². The second kappa shape index (κ2) is 4.30. The summed E-state index contributed by atoms with van der Waals surface area (Å²) in [5.41, 5.74) is 1.74. The molecule has 3 aliphatic carbocycles. The minimum atomic E-state index is 1.04. The van der Waals surface area contributed by atoms with Gasteiger partial charge in [0.1, 0.15) is 0 Å². The molecular weight excluding hydrogens is 156 g/mol. The molecule has 0 atom stereocenters. The van der Waals surface area contributed by atoms with Crippen molar-refractivity contribution < 1.29 is 0 Å². The Bertz CT molecular complexity index is 182. The molecule has 3 aliphatic rings. The number of fused-ring (bicyclic) bond motifs is 6. The highest BCUT2D eigenvalue weighted by molar-refractivity contribution is 5.03. The Labute approximate surface area is 82.4 Å². The van der Waals surface area contributed by atoms with E-state index in [4.69, 9.17) is 0 Å². The van der Waals surface area contributed by atoms with Crippen LogP contribution in [0.2, 0.25) is 0 Å². The summed E-state index contributed by atoms with van der Waals surface area (Å²) in [6, 6.07) is 0. The highest BCUT2D eigenvalue weighted by atomic mass is 14.3. The molecule has 3 rings (SSSR count). The van der Waals surface area contributed by atoms with E-state index >= 15 is 0 Å². The van der Waals surface area contributed by atoms with Crippen LogP contribution in [0, 0.1) is 11.8 Å². The number of allylic oxidation sites excluding steroid dienone is 2. The van der Waals surface area contributed by atoms with Crippen LogP contribution in [0.4, 0.5) is 0 Å². The summed E-state index contributed by atoms with van der Waals surface area (Å²) >= 11 is 0. The molecule has 3 saturated carbocycles. The van der Waals surface area contributed by atoms with Gasteiger partial charge in [0.2, 0.25) is 0 Å². The summed E-state index contributed by atoms with van der Waals surface area (Å²) in [5, 5.41) is 0. The number of hydrogen-bond acceptors (Lipinski definition) is 0. The Morgan fingerprint density at radius 2 is 1.69 bits per heavy atom. The standard InChI is InChI=1S/C13H22/c1-2-11-4-3-5-12-6-8-13(10-11)9-7-12/h2,12-13H,3-10H2,1H3/b11-2+. The number of hydrogen-bond donors (Lipinski definition) is 0. The predicted octanol–water partition coefficient (Wildman–Crippen LogP) is 4.31. The molecule has 0 spiro atoms. The normalized spacial score (nSPS) is 38.4. The smallest absolute Gasteiger partial charge is 0.0292 e. The Hall–Kier alpha value is -0.260. The molecule has 74 valence electrons. The predicted molar refractivity (Wildman–Crippen MR) is 57.7 cm³/mol. The molecule has 0 aromatic carbocycles. The quantitative estimate of drug-likeness (QED) is 0.485. The van der Waals surface area contributed by atoms with E-state index in [2.05, 4.69) is 13.0 Å². The average Bonchev–Trinajstić information content (AvgIpc) is 2.33. The number of rotatable bonds is 0. The fraction of sp³-hybridized carbons (Fsp3) is 0.846. The fourth-order valence-corrected chi connectivity index (χ4v) is 3.08. The van der Waals surface area contributed by atoms with Crippen molar-refractivity contribution in [2.75, 3.05) is 0 Å². The summed E-state index contributed by atoms with van der Waals surface area (Å²) in [6.07, 6.45) is 14.2. The van der Waals surface area contributed by atoms with E-state index in [9.17, 15) is 0 Å². The topological polar surface area (TPSA) is 0 Å². The Morgan fingerprint density at radius 3 is 2.38 bits per heavy atom. The van der Waals surface area contributed by atoms with Crippen LogP contribution in [0.1, 0.15) is 58.3 Å². The lowest BCUT2D eigenvalue weighted by Gasteiger charge is -2.26. The summed E-state index contributed by atoms with van der Waals surface area (Å²) in [5.74, 6) is 2.13. The van der Waals surface area contributed by atoms with Crippen molar-refractivity contribution in [3.8, 4) is 0 Å². The lowest BCUT2D eigenvalue weighted by Crippen LogP contribution is -2.13. The van der Waals surface area contributed by atoms with E-state index in [1.165, 1.54) is 51.4 Å². The largest absolute Gasteiger partial charge is 0.0884 e. The minimum absolute atomic E-state index is 1.04. The Kier molecular flexibility index (Phi) is 3.08. The maximum atomic E-state index is 2.37. The van der Waals surface area contributed by atoms with Crippen LogP contribution in [0.3, 0.4) is 0 Å². The van der Waals surface area contributed by atoms with Crippen molar-refractivity contribution in [2.24, 2.45) is 11.8 Å². The van der Waals surface area contributed by atoms with Gasteiger partial charge >= 0.3 is 0 Å². The first-order valence-electron chi connectivity index (χ1n) is 6.02. The van der Waals surface area contributed by atoms with Crippen LogP contribution in [0.15, 0.2) is 11.6 Å². The first-order valence-corrected chi connectivity index (χ1v) is 6.02. The van der Waals surface area contributed by atoms with Crippen molar-refractivity contribution >= 4 is 0 Å². The fourth-order valence-electron chi connectivity index (χ4n) is 3.08. The zero-order valence-electron chi connectivity index (χ0n) is 8.89. The average molecular weight is 178 g/mol. The molecule has 0 radical (unpaired) electrons. The van der Waals surface area contributed by atoms with Crippen molar-refractivity contribution in [3.63, 3.8) is 0 Å². The SMILES string of the molecule is C/C=C1\CCCC2CCC(CC2)C1. The zero-order chi connectivity index (χ0) is 9.10. The summed E-state index contributed by atoms with van der Waals surface area (Å²) in [4.78, 5) is 0. The molecule has 0 unspecified atom stereocenters. The molecule has 0 amide bonds. The maximum Gasteiger partial charge on any atom is -0.0292 e. The third-order valence-corrected chi connectivity index (χ3v) is 4.04. The first kappa shape index (κ1) is 9.30. The van der Waals surface area contributed by atoms with E-state index in [0.717, 1.165) is 11.8 Å². The van der Waals surface area contributed by atoms with Crippen LogP contribution >= 0.6 is 0 Å². The molecule has 0 aromatic rings. The van der Waals surface area contributed by atoms with Crippen molar-refractivity contribution in [1.29, 1.82) is 0 Å². The molecule has 2 bridgehead atoms. The van der Waals surface area contributed by atoms with Gasteiger partial charge in [-0.2, -0.15) is 0 Å². The van der Waals surface area contributed by atoms with Crippen LogP contribution in [-0.4, -0.2) is 0 Å². The molecule has 0 aliphatic heterocycles. The molecule has 0 heteroatoms. The van der Waals surface area contributed by atoms with Crippen molar-refractivity contribution in [3.05, 3.63) is 11.6 Å². The Morgan fingerprint density at radius 1 is 1.00 bits per heavy atom. The molecule has 3 fully saturated rings. The highest BCUT2D eigenvalue weighted by Crippen LogP contribution is 2.38. The van der Waals surface area contributed by atoms with Crippen LogP contribution in [-0.2, 0) is 0 Å². The third kappa shape index (κ3) is 2.36. The molecule has 0 heterocycles. The summed E-state index contributed by atoms with van der Waals surface area (Å²) in [6.45, 7) is 2.22. The summed E-state index contributed by atoms with van der Waals surface area (Å²) < 4.78 is 0. The molecular formula is C13H22.